The Balaban J connectivity index is 1.42. The molecular weight excluding hydrogens is 431 g/mol. The minimum atomic E-state index is -0.814. The van der Waals surface area contributed by atoms with Crippen molar-refractivity contribution in [2.45, 2.75) is 18.9 Å². The Morgan fingerprint density at radius 2 is 1.77 bits per heavy atom. The van der Waals surface area contributed by atoms with Crippen molar-refractivity contribution in [1.29, 1.82) is 0 Å². The fourth-order valence-corrected chi connectivity index (χ4v) is 2.56. The molecule has 10 heteroatoms. The molecule has 0 bridgehead atoms. The number of anilines is 1. The number of ether oxygens (including phenoxy) is 1. The molecule has 0 saturated heterocycles. The first kappa shape index (κ1) is 21.6. The van der Waals surface area contributed by atoms with Crippen molar-refractivity contribution >= 4 is 52.8 Å². The molecule has 3 rings (SSSR count). The molecule has 1 fully saturated rings. The van der Waals surface area contributed by atoms with Crippen LogP contribution in [0.1, 0.15) is 18.4 Å². The van der Waals surface area contributed by atoms with E-state index in [0.717, 1.165) is 12.8 Å². The van der Waals surface area contributed by atoms with Gasteiger partial charge in [-0.25, -0.2) is 5.43 Å². The first-order chi connectivity index (χ1) is 14.4. The number of hydrazone groups is 1. The van der Waals surface area contributed by atoms with Gasteiger partial charge in [0.25, 0.3) is 5.91 Å². The Morgan fingerprint density at radius 1 is 1.03 bits per heavy atom. The molecule has 1 saturated carbocycles. The largest absolute Gasteiger partial charge is 0.484 e. The van der Waals surface area contributed by atoms with Gasteiger partial charge in [0.2, 0.25) is 0 Å². The number of nitrogens with zero attached hydrogens (tertiary/aromatic N) is 1. The van der Waals surface area contributed by atoms with E-state index in [-0.39, 0.29) is 18.6 Å². The van der Waals surface area contributed by atoms with E-state index < -0.39 is 11.8 Å². The van der Waals surface area contributed by atoms with E-state index in [2.05, 4.69) is 21.2 Å². The van der Waals surface area contributed by atoms with Gasteiger partial charge >= 0.3 is 11.8 Å². The SMILES string of the molecule is O=C(COc1ccc(/C=N\NC(=O)C(=O)NC2CC2)cc1)Nc1ccc(Cl)c(Cl)c1. The summed E-state index contributed by atoms with van der Waals surface area (Å²) in [6.07, 6.45) is 3.19. The number of carbonyl (C=O) groups is 3. The second-order valence-corrected chi connectivity index (χ2v) is 7.30. The highest BCUT2D eigenvalue weighted by Crippen LogP contribution is 2.25. The van der Waals surface area contributed by atoms with Gasteiger partial charge in [-0.05, 0) is 60.9 Å². The summed E-state index contributed by atoms with van der Waals surface area (Å²) >= 11 is 11.7. The number of amides is 3. The molecule has 0 heterocycles. The lowest BCUT2D eigenvalue weighted by molar-refractivity contribution is -0.139. The zero-order chi connectivity index (χ0) is 21.5. The number of benzene rings is 2. The van der Waals surface area contributed by atoms with Gasteiger partial charge in [0, 0.05) is 11.7 Å². The molecule has 2 aromatic carbocycles. The van der Waals surface area contributed by atoms with Crippen molar-refractivity contribution in [3.63, 3.8) is 0 Å². The van der Waals surface area contributed by atoms with Gasteiger partial charge in [0.15, 0.2) is 6.61 Å². The third-order valence-electron chi connectivity index (χ3n) is 3.95. The van der Waals surface area contributed by atoms with Crippen molar-refractivity contribution in [3.05, 3.63) is 58.1 Å². The van der Waals surface area contributed by atoms with Crippen LogP contribution in [0.15, 0.2) is 47.6 Å². The highest BCUT2D eigenvalue weighted by atomic mass is 35.5. The van der Waals surface area contributed by atoms with E-state index in [1.54, 1.807) is 42.5 Å². The van der Waals surface area contributed by atoms with Crippen LogP contribution in [0.3, 0.4) is 0 Å². The van der Waals surface area contributed by atoms with Gasteiger partial charge in [0.05, 0.1) is 16.3 Å². The van der Waals surface area contributed by atoms with E-state index >= 15 is 0 Å². The molecule has 0 spiro atoms. The third kappa shape index (κ3) is 6.75. The second-order valence-electron chi connectivity index (χ2n) is 6.48. The van der Waals surface area contributed by atoms with Gasteiger partial charge in [-0.2, -0.15) is 5.10 Å². The van der Waals surface area contributed by atoms with Gasteiger partial charge in [-0.1, -0.05) is 23.2 Å². The summed E-state index contributed by atoms with van der Waals surface area (Å²) in [5.74, 6) is -1.39. The topological polar surface area (TPSA) is 109 Å². The number of hydrogen-bond donors (Lipinski definition) is 3. The summed E-state index contributed by atoms with van der Waals surface area (Å²) in [5, 5.41) is 9.70. The average Bonchev–Trinajstić information content (AvgIpc) is 3.54. The van der Waals surface area contributed by atoms with Crippen LogP contribution in [0.25, 0.3) is 0 Å². The molecule has 0 unspecified atom stereocenters. The normalized spacial score (nSPS) is 13.0. The van der Waals surface area contributed by atoms with Crippen molar-refractivity contribution < 1.29 is 19.1 Å². The van der Waals surface area contributed by atoms with Crippen LogP contribution in [0.5, 0.6) is 5.75 Å². The Bertz CT molecular complexity index is 975. The van der Waals surface area contributed by atoms with Crippen LogP contribution in [-0.4, -0.2) is 36.6 Å². The molecule has 156 valence electrons. The van der Waals surface area contributed by atoms with Crippen molar-refractivity contribution in [3.8, 4) is 5.75 Å². The quantitative estimate of drug-likeness (QED) is 0.343. The molecule has 1 aliphatic carbocycles. The summed E-state index contributed by atoms with van der Waals surface area (Å²) in [6.45, 7) is -0.195. The molecule has 1 aliphatic rings. The Hall–Kier alpha value is -3.10. The molecule has 0 aromatic heterocycles. The maximum absolute atomic E-state index is 12.0. The minimum absolute atomic E-state index is 0.103. The Labute approximate surface area is 182 Å². The molecular formula is C20H18Cl2N4O4. The lowest BCUT2D eigenvalue weighted by Crippen LogP contribution is -2.38. The molecule has 0 atom stereocenters. The van der Waals surface area contributed by atoms with E-state index in [1.165, 1.54) is 6.21 Å². The first-order valence-corrected chi connectivity index (χ1v) is 9.78. The fourth-order valence-electron chi connectivity index (χ4n) is 2.26. The summed E-state index contributed by atoms with van der Waals surface area (Å²) < 4.78 is 5.43. The Kier molecular flexibility index (Phi) is 7.26. The molecule has 0 radical (unpaired) electrons. The van der Waals surface area contributed by atoms with E-state index in [1.807, 2.05) is 0 Å². The van der Waals surface area contributed by atoms with Crippen molar-refractivity contribution in [2.75, 3.05) is 11.9 Å². The molecule has 3 amide bonds. The van der Waals surface area contributed by atoms with E-state index in [0.29, 0.717) is 27.0 Å². The van der Waals surface area contributed by atoms with Crippen LogP contribution in [0.2, 0.25) is 10.0 Å². The van der Waals surface area contributed by atoms with Gasteiger partial charge in [0.1, 0.15) is 5.75 Å². The van der Waals surface area contributed by atoms with Crippen LogP contribution >= 0.6 is 23.2 Å². The summed E-state index contributed by atoms with van der Waals surface area (Å²) in [4.78, 5) is 35.0. The predicted octanol–water partition coefficient (Wildman–Crippen LogP) is 2.74. The number of hydrogen-bond acceptors (Lipinski definition) is 5. The number of nitrogens with one attached hydrogen (secondary N) is 3. The summed E-state index contributed by atoms with van der Waals surface area (Å²) in [6, 6.07) is 11.5. The maximum Gasteiger partial charge on any atom is 0.329 e. The average molecular weight is 449 g/mol. The fraction of sp³-hybridized carbons (Fsp3) is 0.200. The maximum atomic E-state index is 12.0. The summed E-state index contributed by atoms with van der Waals surface area (Å²) in [7, 11) is 0. The number of rotatable bonds is 7. The van der Waals surface area contributed by atoms with Crippen LogP contribution < -0.4 is 20.8 Å². The predicted molar refractivity (Wildman–Crippen MR) is 114 cm³/mol. The van der Waals surface area contributed by atoms with E-state index in [9.17, 15) is 14.4 Å². The van der Waals surface area contributed by atoms with E-state index in [4.69, 9.17) is 27.9 Å². The lowest BCUT2D eigenvalue weighted by Gasteiger charge is -2.08. The molecule has 0 aliphatic heterocycles. The molecule has 2 aromatic rings. The number of carbonyl (C=O) groups excluding carboxylic acids is 3. The molecule has 8 nitrogen and oxygen atoms in total. The zero-order valence-corrected chi connectivity index (χ0v) is 17.2. The first-order valence-electron chi connectivity index (χ1n) is 9.02. The molecule has 3 N–H and O–H groups in total. The number of halogens is 2. The minimum Gasteiger partial charge on any atom is -0.484 e. The van der Waals surface area contributed by atoms with Gasteiger partial charge < -0.3 is 15.4 Å². The summed E-state index contributed by atoms with van der Waals surface area (Å²) in [5.41, 5.74) is 3.35. The van der Waals surface area contributed by atoms with Crippen LogP contribution in [0, 0.1) is 0 Å². The standard InChI is InChI=1S/C20H18Cl2N4O4/c21-16-8-5-14(9-17(16)22)24-18(27)11-30-15-6-1-12(2-7-15)10-23-26-20(29)19(28)25-13-3-4-13/h1-2,5-10,13H,3-4,11H2,(H,24,27)(H,25,28)(H,26,29)/b23-10-. The monoisotopic (exact) mass is 448 g/mol. The lowest BCUT2D eigenvalue weighted by atomic mass is 10.2. The van der Waals surface area contributed by atoms with Crippen molar-refractivity contribution in [2.24, 2.45) is 5.10 Å². The van der Waals surface area contributed by atoms with Crippen molar-refractivity contribution in [1.82, 2.24) is 10.7 Å². The van der Waals surface area contributed by atoms with Gasteiger partial charge in [-0.3, -0.25) is 14.4 Å². The highest BCUT2D eigenvalue weighted by Gasteiger charge is 2.26. The van der Waals surface area contributed by atoms with Crippen LogP contribution in [0.4, 0.5) is 5.69 Å². The highest BCUT2D eigenvalue weighted by molar-refractivity contribution is 6.42. The Morgan fingerprint density at radius 3 is 2.43 bits per heavy atom. The zero-order valence-electron chi connectivity index (χ0n) is 15.7. The van der Waals surface area contributed by atoms with Crippen LogP contribution in [-0.2, 0) is 14.4 Å². The van der Waals surface area contributed by atoms with Gasteiger partial charge in [-0.15, -0.1) is 0 Å². The second kappa shape index (κ2) is 10.1. The smallest absolute Gasteiger partial charge is 0.329 e. The third-order valence-corrected chi connectivity index (χ3v) is 4.69. The molecule has 30 heavy (non-hydrogen) atoms.